The van der Waals surface area contributed by atoms with Crippen molar-refractivity contribution in [1.29, 1.82) is 5.26 Å². The van der Waals surface area contributed by atoms with E-state index in [-0.39, 0.29) is 5.56 Å². The van der Waals surface area contributed by atoms with Crippen LogP contribution in [0, 0.1) is 11.3 Å². The van der Waals surface area contributed by atoms with Gasteiger partial charge in [-0.05, 0) is 37.6 Å². The predicted octanol–water partition coefficient (Wildman–Crippen LogP) is 3.32. The highest BCUT2D eigenvalue weighted by molar-refractivity contribution is 5.79. The van der Waals surface area contributed by atoms with Gasteiger partial charge < -0.3 is 19.5 Å². The van der Waals surface area contributed by atoms with Gasteiger partial charge in [0.05, 0.1) is 29.6 Å². The molecule has 0 atom stereocenters. The zero-order valence-corrected chi connectivity index (χ0v) is 19.3. The van der Waals surface area contributed by atoms with E-state index in [0.717, 1.165) is 54.0 Å². The van der Waals surface area contributed by atoms with E-state index in [1.807, 2.05) is 43.4 Å². The molecule has 2 heterocycles. The van der Waals surface area contributed by atoms with E-state index in [4.69, 9.17) is 9.72 Å². The molecule has 0 unspecified atom stereocenters. The van der Waals surface area contributed by atoms with Crippen molar-refractivity contribution in [2.45, 2.75) is 25.5 Å². The second kappa shape index (κ2) is 9.99. The molecule has 1 aliphatic heterocycles. The summed E-state index contributed by atoms with van der Waals surface area (Å²) in [5.41, 5.74) is 4.79. The van der Waals surface area contributed by atoms with Gasteiger partial charge in [-0.25, -0.2) is 4.98 Å². The standard InChI is InChI=1S/C26H29N5O2/c1-28-22-12-14-31(15-13-22)25-26(32)30(2)24(21-10-6-19(7-11-21)17-33-3)23(29-25)20-8-4-18(16-27)5-9-20/h4-11,22,28H,12-15,17H2,1-3H3. The summed E-state index contributed by atoms with van der Waals surface area (Å²) < 4.78 is 6.93. The average Bonchev–Trinajstić information content (AvgIpc) is 2.86. The van der Waals surface area contributed by atoms with E-state index >= 15 is 0 Å². The minimum atomic E-state index is -0.105. The molecule has 33 heavy (non-hydrogen) atoms. The first-order valence-electron chi connectivity index (χ1n) is 11.2. The molecular formula is C26H29N5O2. The van der Waals surface area contributed by atoms with Crippen LogP contribution in [0.1, 0.15) is 24.0 Å². The van der Waals surface area contributed by atoms with Gasteiger partial charge in [0.15, 0.2) is 5.82 Å². The van der Waals surface area contributed by atoms with E-state index in [0.29, 0.717) is 24.0 Å². The van der Waals surface area contributed by atoms with Crippen LogP contribution in [0.2, 0.25) is 0 Å². The van der Waals surface area contributed by atoms with Crippen LogP contribution in [0.4, 0.5) is 5.82 Å². The molecule has 0 bridgehead atoms. The number of ether oxygens (including phenoxy) is 1. The summed E-state index contributed by atoms with van der Waals surface area (Å²) in [6.45, 7) is 2.10. The Balaban J connectivity index is 1.85. The zero-order valence-electron chi connectivity index (χ0n) is 19.3. The maximum Gasteiger partial charge on any atom is 0.293 e. The molecule has 1 aromatic heterocycles. The van der Waals surface area contributed by atoms with Crippen LogP contribution in [0.3, 0.4) is 0 Å². The molecule has 170 valence electrons. The lowest BCUT2D eigenvalue weighted by Gasteiger charge is -2.32. The number of benzene rings is 2. The fraction of sp³-hybridized carbons (Fsp3) is 0.346. The van der Waals surface area contributed by atoms with Gasteiger partial charge in [0.1, 0.15) is 0 Å². The Kier molecular flexibility index (Phi) is 6.87. The topological polar surface area (TPSA) is 83.2 Å². The third-order valence-electron chi connectivity index (χ3n) is 6.30. The summed E-state index contributed by atoms with van der Waals surface area (Å²) in [5.74, 6) is 0.478. The molecule has 3 aromatic rings. The Hall–Kier alpha value is -3.47. The first-order chi connectivity index (χ1) is 16.0. The lowest BCUT2D eigenvalue weighted by atomic mass is 10.0. The quantitative estimate of drug-likeness (QED) is 0.629. The van der Waals surface area contributed by atoms with E-state index < -0.39 is 0 Å². The van der Waals surface area contributed by atoms with Gasteiger partial charge in [-0.2, -0.15) is 5.26 Å². The second-order valence-corrected chi connectivity index (χ2v) is 8.37. The molecule has 1 saturated heterocycles. The summed E-state index contributed by atoms with van der Waals surface area (Å²) in [4.78, 5) is 20.5. The largest absolute Gasteiger partial charge is 0.380 e. The van der Waals surface area contributed by atoms with Crippen LogP contribution in [-0.4, -0.2) is 42.8 Å². The molecule has 0 spiro atoms. The zero-order chi connectivity index (χ0) is 23.4. The number of nitrogens with zero attached hydrogens (tertiary/aromatic N) is 4. The molecule has 0 saturated carbocycles. The summed E-state index contributed by atoms with van der Waals surface area (Å²) in [6.07, 6.45) is 1.94. The van der Waals surface area contributed by atoms with Crippen molar-refractivity contribution < 1.29 is 4.74 Å². The van der Waals surface area contributed by atoms with Gasteiger partial charge in [-0.15, -0.1) is 0 Å². The first-order valence-corrected chi connectivity index (χ1v) is 11.2. The van der Waals surface area contributed by atoms with Crippen molar-refractivity contribution in [3.63, 3.8) is 0 Å². The fourth-order valence-corrected chi connectivity index (χ4v) is 4.36. The molecule has 7 heteroatoms. The Bertz CT molecular complexity index is 1200. The summed E-state index contributed by atoms with van der Waals surface area (Å²) >= 11 is 0. The van der Waals surface area contributed by atoms with Crippen LogP contribution in [-0.2, 0) is 18.4 Å². The smallest absolute Gasteiger partial charge is 0.293 e. The molecule has 7 nitrogen and oxygen atoms in total. The molecule has 4 rings (SSSR count). The van der Waals surface area contributed by atoms with E-state index in [2.05, 4.69) is 16.3 Å². The third kappa shape index (κ3) is 4.68. The normalized spacial score (nSPS) is 14.3. The number of methoxy groups -OCH3 is 1. The molecule has 2 aromatic carbocycles. The highest BCUT2D eigenvalue weighted by Gasteiger charge is 2.24. The van der Waals surface area contributed by atoms with Crippen LogP contribution < -0.4 is 15.8 Å². The molecule has 1 fully saturated rings. The van der Waals surface area contributed by atoms with Crippen LogP contribution in [0.5, 0.6) is 0 Å². The number of nitrogens with one attached hydrogen (secondary N) is 1. The molecule has 0 aliphatic carbocycles. The highest BCUT2D eigenvalue weighted by Crippen LogP contribution is 2.31. The number of nitriles is 1. The van der Waals surface area contributed by atoms with Gasteiger partial charge >= 0.3 is 0 Å². The molecule has 1 N–H and O–H groups in total. The van der Waals surface area contributed by atoms with E-state index in [1.54, 1.807) is 30.9 Å². The monoisotopic (exact) mass is 443 g/mol. The number of piperidine rings is 1. The number of anilines is 1. The number of rotatable bonds is 6. The minimum absolute atomic E-state index is 0.105. The van der Waals surface area contributed by atoms with Gasteiger partial charge in [0.25, 0.3) is 5.56 Å². The SMILES string of the molecule is CNC1CCN(c2nc(-c3ccc(C#N)cc3)c(-c3ccc(COC)cc3)n(C)c2=O)CC1. The summed E-state index contributed by atoms with van der Waals surface area (Å²) in [6, 6.07) is 18.0. The van der Waals surface area contributed by atoms with Crippen molar-refractivity contribution in [3.05, 3.63) is 70.0 Å². The van der Waals surface area contributed by atoms with Crippen LogP contribution in [0.15, 0.2) is 53.3 Å². The van der Waals surface area contributed by atoms with Crippen molar-refractivity contribution in [2.24, 2.45) is 7.05 Å². The molecule has 1 aliphatic rings. The van der Waals surface area contributed by atoms with Gasteiger partial charge in [-0.3, -0.25) is 4.79 Å². The van der Waals surface area contributed by atoms with Gasteiger partial charge in [0, 0.05) is 44.4 Å². The molecular weight excluding hydrogens is 414 g/mol. The van der Waals surface area contributed by atoms with Crippen LogP contribution in [0.25, 0.3) is 22.5 Å². The van der Waals surface area contributed by atoms with Crippen LogP contribution >= 0.6 is 0 Å². The average molecular weight is 444 g/mol. The maximum atomic E-state index is 13.4. The molecule has 0 amide bonds. The lowest BCUT2D eigenvalue weighted by molar-refractivity contribution is 0.185. The highest BCUT2D eigenvalue weighted by atomic mass is 16.5. The van der Waals surface area contributed by atoms with E-state index in [1.165, 1.54) is 0 Å². The Labute approximate surface area is 194 Å². The Morgan fingerprint density at radius 1 is 1.09 bits per heavy atom. The Morgan fingerprint density at radius 3 is 2.30 bits per heavy atom. The number of aromatic nitrogens is 2. The third-order valence-corrected chi connectivity index (χ3v) is 6.30. The summed E-state index contributed by atoms with van der Waals surface area (Å²) in [5, 5.41) is 12.5. The second-order valence-electron chi connectivity index (χ2n) is 8.37. The van der Waals surface area contributed by atoms with E-state index in [9.17, 15) is 10.1 Å². The van der Waals surface area contributed by atoms with Gasteiger partial charge in [0.2, 0.25) is 0 Å². The van der Waals surface area contributed by atoms with Crippen molar-refractivity contribution in [1.82, 2.24) is 14.9 Å². The molecule has 0 radical (unpaired) electrons. The lowest BCUT2D eigenvalue weighted by Crippen LogP contribution is -2.44. The van der Waals surface area contributed by atoms with Crippen molar-refractivity contribution in [2.75, 3.05) is 32.1 Å². The minimum Gasteiger partial charge on any atom is -0.380 e. The maximum absolute atomic E-state index is 13.4. The fourth-order valence-electron chi connectivity index (χ4n) is 4.36. The summed E-state index contributed by atoms with van der Waals surface area (Å²) in [7, 11) is 5.45. The number of hydrogen-bond donors (Lipinski definition) is 1. The van der Waals surface area contributed by atoms with Crippen molar-refractivity contribution >= 4 is 5.82 Å². The Morgan fingerprint density at radius 2 is 1.73 bits per heavy atom. The number of hydrogen-bond acceptors (Lipinski definition) is 6. The predicted molar refractivity (Wildman–Crippen MR) is 130 cm³/mol. The first kappa shape index (κ1) is 22.7. The van der Waals surface area contributed by atoms with Gasteiger partial charge in [-0.1, -0.05) is 36.4 Å². The van der Waals surface area contributed by atoms with Crippen molar-refractivity contribution in [3.8, 4) is 28.6 Å².